The van der Waals surface area contributed by atoms with Crippen molar-refractivity contribution in [1.82, 2.24) is 0 Å². The molecule has 0 spiro atoms. The number of anilines is 2. The number of rotatable bonds is 2. The van der Waals surface area contributed by atoms with Crippen molar-refractivity contribution in [3.8, 4) is 5.75 Å². The van der Waals surface area contributed by atoms with Crippen LogP contribution in [0.1, 0.15) is 0 Å². The van der Waals surface area contributed by atoms with Crippen LogP contribution in [-0.2, 0) is 0 Å². The lowest BCUT2D eigenvalue weighted by Crippen LogP contribution is -2.19. The minimum absolute atomic E-state index is 0.0176. The third kappa shape index (κ3) is 3.33. The Hall–Kier alpha value is -2.43. The fourth-order valence-electron chi connectivity index (χ4n) is 2.20. The van der Waals surface area contributed by atoms with Crippen molar-refractivity contribution < 1.29 is 9.90 Å². The number of aromatic hydroxyl groups is 1. The van der Waals surface area contributed by atoms with E-state index in [0.717, 1.165) is 10.8 Å². The van der Waals surface area contributed by atoms with Gasteiger partial charge in [-0.1, -0.05) is 53.5 Å². The van der Waals surface area contributed by atoms with Gasteiger partial charge in [0.2, 0.25) is 0 Å². The van der Waals surface area contributed by atoms with Crippen molar-refractivity contribution >= 4 is 51.4 Å². The third-order valence-electron chi connectivity index (χ3n) is 3.31. The van der Waals surface area contributed by atoms with E-state index in [-0.39, 0.29) is 10.8 Å². The molecule has 0 heterocycles. The lowest BCUT2D eigenvalue weighted by atomic mass is 10.1. The van der Waals surface area contributed by atoms with Gasteiger partial charge in [-0.2, -0.15) is 0 Å². The average molecular weight is 347 g/mol. The minimum Gasteiger partial charge on any atom is -0.506 e. The lowest BCUT2D eigenvalue weighted by Gasteiger charge is -2.11. The van der Waals surface area contributed by atoms with Crippen molar-refractivity contribution in [3.05, 3.63) is 64.6 Å². The first-order valence-electron chi connectivity index (χ1n) is 6.78. The number of phenolic OH excluding ortho intramolecular Hbond substituents is 1. The topological polar surface area (TPSA) is 61.4 Å². The van der Waals surface area contributed by atoms with Gasteiger partial charge in [0.25, 0.3) is 0 Å². The first kappa shape index (κ1) is 15.5. The van der Waals surface area contributed by atoms with E-state index in [1.54, 1.807) is 30.3 Å². The molecule has 0 radical (unpaired) electrons. The molecule has 0 aliphatic carbocycles. The molecule has 0 aromatic heterocycles. The summed E-state index contributed by atoms with van der Waals surface area (Å²) < 4.78 is 0. The van der Waals surface area contributed by atoms with Crippen LogP contribution in [0.25, 0.3) is 10.8 Å². The maximum absolute atomic E-state index is 12.1. The summed E-state index contributed by atoms with van der Waals surface area (Å²) in [6.45, 7) is 0. The van der Waals surface area contributed by atoms with Crippen LogP contribution in [0.4, 0.5) is 16.2 Å². The maximum atomic E-state index is 12.1. The molecule has 0 atom stereocenters. The highest BCUT2D eigenvalue weighted by atomic mass is 35.5. The molecule has 116 valence electrons. The van der Waals surface area contributed by atoms with Crippen LogP contribution < -0.4 is 10.6 Å². The standard InChI is InChI=1S/C17H12Cl2N2O2/c18-12-6-3-7-13(16(12)19)20-17(23)21-14-8-10-4-1-2-5-11(10)9-15(14)22/h1-9,22H,(H2,20,21,23). The summed E-state index contributed by atoms with van der Waals surface area (Å²) in [5.41, 5.74) is 0.691. The second-order valence-electron chi connectivity index (χ2n) is 4.90. The van der Waals surface area contributed by atoms with Gasteiger partial charge in [-0.25, -0.2) is 4.79 Å². The summed E-state index contributed by atoms with van der Waals surface area (Å²) in [7, 11) is 0. The van der Waals surface area contributed by atoms with Crippen molar-refractivity contribution in [2.45, 2.75) is 0 Å². The van der Waals surface area contributed by atoms with Crippen LogP contribution in [0, 0.1) is 0 Å². The van der Waals surface area contributed by atoms with Crippen LogP contribution in [-0.4, -0.2) is 11.1 Å². The number of hydrogen-bond donors (Lipinski definition) is 3. The van der Waals surface area contributed by atoms with E-state index in [2.05, 4.69) is 10.6 Å². The van der Waals surface area contributed by atoms with Gasteiger partial charge in [0.05, 0.1) is 21.4 Å². The fraction of sp³-hybridized carbons (Fsp3) is 0. The Labute approximate surface area is 142 Å². The number of hydrogen-bond acceptors (Lipinski definition) is 2. The zero-order chi connectivity index (χ0) is 16.4. The van der Waals surface area contributed by atoms with Crippen LogP contribution in [0.15, 0.2) is 54.6 Å². The number of phenols is 1. The third-order valence-corrected chi connectivity index (χ3v) is 4.13. The van der Waals surface area contributed by atoms with Gasteiger partial charge >= 0.3 is 6.03 Å². The molecule has 3 N–H and O–H groups in total. The van der Waals surface area contributed by atoms with E-state index >= 15 is 0 Å². The molecule has 0 unspecified atom stereocenters. The highest BCUT2D eigenvalue weighted by molar-refractivity contribution is 6.44. The average Bonchev–Trinajstić information content (AvgIpc) is 2.52. The van der Waals surface area contributed by atoms with E-state index in [1.165, 1.54) is 0 Å². The monoisotopic (exact) mass is 346 g/mol. The number of nitrogens with one attached hydrogen (secondary N) is 2. The quantitative estimate of drug-likeness (QED) is 0.536. The summed E-state index contributed by atoms with van der Waals surface area (Å²) in [5, 5.41) is 17.6. The first-order valence-corrected chi connectivity index (χ1v) is 7.54. The zero-order valence-electron chi connectivity index (χ0n) is 11.8. The summed E-state index contributed by atoms with van der Waals surface area (Å²) >= 11 is 11.9. The summed E-state index contributed by atoms with van der Waals surface area (Å²) in [6.07, 6.45) is 0. The van der Waals surface area contributed by atoms with Crippen molar-refractivity contribution in [2.75, 3.05) is 10.6 Å². The molecule has 6 heteroatoms. The predicted octanol–water partition coefficient (Wildman–Crippen LogP) is 5.50. The number of halogens is 2. The van der Waals surface area contributed by atoms with E-state index in [1.807, 2.05) is 24.3 Å². The number of urea groups is 1. The molecule has 4 nitrogen and oxygen atoms in total. The second-order valence-corrected chi connectivity index (χ2v) is 5.68. The van der Waals surface area contributed by atoms with Crippen molar-refractivity contribution in [2.24, 2.45) is 0 Å². The molecule has 23 heavy (non-hydrogen) atoms. The molecule has 0 saturated carbocycles. The van der Waals surface area contributed by atoms with Crippen LogP contribution in [0.2, 0.25) is 10.0 Å². The van der Waals surface area contributed by atoms with Gasteiger partial charge in [-0.15, -0.1) is 0 Å². The van der Waals surface area contributed by atoms with E-state index in [0.29, 0.717) is 16.4 Å². The largest absolute Gasteiger partial charge is 0.506 e. The Morgan fingerprint density at radius 3 is 2.26 bits per heavy atom. The van der Waals surface area contributed by atoms with Gasteiger partial charge < -0.3 is 15.7 Å². The molecular formula is C17H12Cl2N2O2. The Balaban J connectivity index is 1.82. The molecule has 3 aromatic rings. The van der Waals surface area contributed by atoms with Gasteiger partial charge in [0.1, 0.15) is 5.75 Å². The number of amides is 2. The number of carbonyl (C=O) groups is 1. The Kier molecular flexibility index (Phi) is 4.28. The predicted molar refractivity (Wildman–Crippen MR) is 94.7 cm³/mol. The summed E-state index contributed by atoms with van der Waals surface area (Å²) in [4.78, 5) is 12.1. The van der Waals surface area contributed by atoms with E-state index in [9.17, 15) is 9.90 Å². The highest BCUT2D eigenvalue weighted by Gasteiger charge is 2.11. The van der Waals surface area contributed by atoms with Gasteiger partial charge in [-0.05, 0) is 35.0 Å². The second kappa shape index (κ2) is 6.36. The highest BCUT2D eigenvalue weighted by Crippen LogP contribution is 2.31. The Bertz CT molecular complexity index is 897. The Morgan fingerprint density at radius 2 is 1.52 bits per heavy atom. The smallest absolute Gasteiger partial charge is 0.323 e. The van der Waals surface area contributed by atoms with Crippen molar-refractivity contribution in [1.29, 1.82) is 0 Å². The molecular weight excluding hydrogens is 335 g/mol. The Morgan fingerprint density at radius 1 is 0.870 bits per heavy atom. The minimum atomic E-state index is -0.528. The van der Waals surface area contributed by atoms with E-state index < -0.39 is 6.03 Å². The molecule has 0 fully saturated rings. The number of benzene rings is 3. The van der Waals surface area contributed by atoms with Gasteiger partial charge in [0.15, 0.2) is 0 Å². The zero-order valence-corrected chi connectivity index (χ0v) is 13.3. The molecule has 0 aliphatic rings. The molecule has 3 rings (SSSR count). The van der Waals surface area contributed by atoms with Gasteiger partial charge in [0, 0.05) is 0 Å². The molecule has 3 aromatic carbocycles. The van der Waals surface area contributed by atoms with Crippen LogP contribution in [0.3, 0.4) is 0 Å². The summed E-state index contributed by atoms with van der Waals surface area (Å²) in [6, 6.07) is 15.2. The normalized spacial score (nSPS) is 10.5. The lowest BCUT2D eigenvalue weighted by molar-refractivity contribution is 0.262. The SMILES string of the molecule is O=C(Nc1cc2ccccc2cc1O)Nc1cccc(Cl)c1Cl. The molecule has 0 bridgehead atoms. The molecule has 2 amide bonds. The maximum Gasteiger partial charge on any atom is 0.323 e. The van der Waals surface area contributed by atoms with Gasteiger partial charge in [-0.3, -0.25) is 0 Å². The van der Waals surface area contributed by atoms with Crippen molar-refractivity contribution in [3.63, 3.8) is 0 Å². The fourth-order valence-corrected chi connectivity index (χ4v) is 2.55. The number of fused-ring (bicyclic) bond motifs is 1. The van der Waals surface area contributed by atoms with Crippen LogP contribution >= 0.6 is 23.2 Å². The first-order chi connectivity index (χ1) is 11.0. The van der Waals surface area contributed by atoms with Crippen LogP contribution in [0.5, 0.6) is 5.75 Å². The summed E-state index contributed by atoms with van der Waals surface area (Å²) in [5.74, 6) is -0.0176. The number of carbonyl (C=O) groups excluding carboxylic acids is 1. The molecule has 0 saturated heterocycles. The van der Waals surface area contributed by atoms with E-state index in [4.69, 9.17) is 23.2 Å². The molecule has 0 aliphatic heterocycles.